The Bertz CT molecular complexity index is 754. The zero-order chi connectivity index (χ0) is 22.2. The van der Waals surface area contributed by atoms with Crippen molar-refractivity contribution in [2.75, 3.05) is 26.2 Å². The van der Waals surface area contributed by atoms with Crippen molar-refractivity contribution >= 4 is 35.8 Å². The lowest BCUT2D eigenvalue weighted by Gasteiger charge is -2.33. The second-order valence-electron chi connectivity index (χ2n) is 9.35. The van der Waals surface area contributed by atoms with Crippen LogP contribution in [0.1, 0.15) is 64.5 Å². The minimum absolute atomic E-state index is 0. The van der Waals surface area contributed by atoms with E-state index in [1.165, 1.54) is 36.9 Å². The van der Waals surface area contributed by atoms with E-state index in [2.05, 4.69) is 53.6 Å². The summed E-state index contributed by atoms with van der Waals surface area (Å²) in [6.07, 6.45) is 4.92. The number of amides is 1. The zero-order valence-corrected chi connectivity index (χ0v) is 22.6. The Morgan fingerprint density at radius 2 is 1.91 bits per heavy atom. The van der Waals surface area contributed by atoms with Crippen molar-refractivity contribution < 1.29 is 4.79 Å². The van der Waals surface area contributed by atoms with Gasteiger partial charge in [-0.15, -0.1) is 24.0 Å². The van der Waals surface area contributed by atoms with Gasteiger partial charge in [0.15, 0.2) is 5.96 Å². The second-order valence-corrected chi connectivity index (χ2v) is 9.35. The Kier molecular flexibility index (Phi) is 11.2. The molecule has 0 spiro atoms. The predicted octanol–water partition coefficient (Wildman–Crippen LogP) is 3.99. The van der Waals surface area contributed by atoms with Gasteiger partial charge in [-0.2, -0.15) is 0 Å². The van der Waals surface area contributed by atoms with Crippen molar-refractivity contribution in [2.24, 2.45) is 10.9 Å². The topological polar surface area (TPSA) is 60.0 Å². The van der Waals surface area contributed by atoms with E-state index in [-0.39, 0.29) is 41.8 Å². The van der Waals surface area contributed by atoms with Gasteiger partial charge in [-0.05, 0) is 50.8 Å². The standard InChI is InChI=1S/C25H41N5O.HI/c1-5-26-25(28-23-13-15-30(18-23)24(31)19(2)3)27-16-21-11-6-7-12-22(21)17-29-14-9-8-10-20(29)4;/h6-7,11-12,19-20,23H,5,8-10,13-18H2,1-4H3,(H2,26,27,28);1H. The summed E-state index contributed by atoms with van der Waals surface area (Å²) in [4.78, 5) is 21.8. The molecule has 0 aromatic heterocycles. The highest BCUT2D eigenvalue weighted by Gasteiger charge is 2.28. The van der Waals surface area contributed by atoms with Gasteiger partial charge in [0, 0.05) is 44.2 Å². The average molecular weight is 556 g/mol. The van der Waals surface area contributed by atoms with Gasteiger partial charge in [0.2, 0.25) is 5.91 Å². The van der Waals surface area contributed by atoms with Crippen molar-refractivity contribution in [3.63, 3.8) is 0 Å². The Morgan fingerprint density at radius 3 is 2.59 bits per heavy atom. The summed E-state index contributed by atoms with van der Waals surface area (Å²) in [5, 5.41) is 6.93. The third kappa shape index (κ3) is 7.61. The quantitative estimate of drug-likeness (QED) is 0.304. The van der Waals surface area contributed by atoms with E-state index >= 15 is 0 Å². The summed E-state index contributed by atoms with van der Waals surface area (Å²) in [7, 11) is 0. The second kappa shape index (κ2) is 13.4. The molecule has 7 heteroatoms. The molecular formula is C25H42IN5O. The van der Waals surface area contributed by atoms with E-state index in [0.29, 0.717) is 12.6 Å². The number of hydrogen-bond acceptors (Lipinski definition) is 3. The van der Waals surface area contributed by atoms with Crippen molar-refractivity contribution in [3.8, 4) is 0 Å². The van der Waals surface area contributed by atoms with Crippen molar-refractivity contribution in [1.29, 1.82) is 0 Å². The van der Waals surface area contributed by atoms with Gasteiger partial charge < -0.3 is 15.5 Å². The predicted molar refractivity (Wildman–Crippen MR) is 143 cm³/mol. The van der Waals surface area contributed by atoms with Gasteiger partial charge in [-0.1, -0.05) is 44.5 Å². The summed E-state index contributed by atoms with van der Waals surface area (Å²) in [5.41, 5.74) is 2.67. The fourth-order valence-electron chi connectivity index (χ4n) is 4.60. The SMILES string of the molecule is CCNC(=NCc1ccccc1CN1CCCCC1C)NC1CCN(C(=O)C(C)C)C1.I. The third-order valence-electron chi connectivity index (χ3n) is 6.52. The molecule has 6 nitrogen and oxygen atoms in total. The molecule has 2 unspecified atom stereocenters. The number of carbonyl (C=O) groups excluding carboxylic acids is 1. The van der Waals surface area contributed by atoms with Crippen LogP contribution in [0.3, 0.4) is 0 Å². The number of hydrogen-bond donors (Lipinski definition) is 2. The molecule has 2 aliphatic heterocycles. The maximum Gasteiger partial charge on any atom is 0.225 e. The van der Waals surface area contributed by atoms with E-state index in [1.54, 1.807) is 0 Å². The molecule has 2 fully saturated rings. The van der Waals surface area contributed by atoms with Gasteiger partial charge in [0.05, 0.1) is 6.54 Å². The smallest absolute Gasteiger partial charge is 0.225 e. The van der Waals surface area contributed by atoms with Crippen LogP contribution in [0, 0.1) is 5.92 Å². The minimum atomic E-state index is 0. The lowest BCUT2D eigenvalue weighted by Crippen LogP contribution is -2.45. The molecular weight excluding hydrogens is 513 g/mol. The Balaban J connectivity index is 0.00000363. The van der Waals surface area contributed by atoms with E-state index in [1.807, 2.05) is 18.7 Å². The van der Waals surface area contributed by atoms with Gasteiger partial charge in [-0.3, -0.25) is 9.69 Å². The highest BCUT2D eigenvalue weighted by atomic mass is 127. The number of benzene rings is 1. The van der Waals surface area contributed by atoms with Crippen LogP contribution in [0.2, 0.25) is 0 Å². The van der Waals surface area contributed by atoms with Gasteiger partial charge in [-0.25, -0.2) is 4.99 Å². The Labute approximate surface area is 211 Å². The molecule has 0 aliphatic carbocycles. The molecule has 2 aliphatic rings. The van der Waals surface area contributed by atoms with Crippen LogP contribution in [0.5, 0.6) is 0 Å². The first-order valence-corrected chi connectivity index (χ1v) is 12.1. The lowest BCUT2D eigenvalue weighted by molar-refractivity contribution is -0.133. The first-order valence-electron chi connectivity index (χ1n) is 12.1. The molecule has 0 saturated carbocycles. The van der Waals surface area contributed by atoms with Crippen molar-refractivity contribution in [3.05, 3.63) is 35.4 Å². The van der Waals surface area contributed by atoms with Crippen LogP contribution < -0.4 is 10.6 Å². The van der Waals surface area contributed by atoms with E-state index < -0.39 is 0 Å². The summed E-state index contributed by atoms with van der Waals surface area (Å²) >= 11 is 0. The van der Waals surface area contributed by atoms with Crippen molar-refractivity contribution in [2.45, 2.75) is 78.6 Å². The molecule has 1 aromatic carbocycles. The molecule has 1 aromatic rings. The lowest BCUT2D eigenvalue weighted by atomic mass is 10.0. The van der Waals surface area contributed by atoms with Crippen LogP contribution in [-0.2, 0) is 17.9 Å². The maximum atomic E-state index is 12.3. The molecule has 2 N–H and O–H groups in total. The normalized spacial score (nSPS) is 22.0. The summed E-state index contributed by atoms with van der Waals surface area (Å²) in [6, 6.07) is 9.61. The molecule has 1 amide bonds. The molecule has 0 bridgehead atoms. The maximum absolute atomic E-state index is 12.3. The van der Waals surface area contributed by atoms with Crippen LogP contribution >= 0.6 is 24.0 Å². The fraction of sp³-hybridized carbons (Fsp3) is 0.680. The minimum Gasteiger partial charge on any atom is -0.357 e. The number of halogens is 1. The van der Waals surface area contributed by atoms with Crippen LogP contribution in [0.4, 0.5) is 0 Å². The number of nitrogens with one attached hydrogen (secondary N) is 2. The molecule has 3 rings (SSSR count). The third-order valence-corrected chi connectivity index (χ3v) is 6.52. The summed E-state index contributed by atoms with van der Waals surface area (Å²) < 4.78 is 0. The largest absolute Gasteiger partial charge is 0.357 e. The molecule has 2 heterocycles. The zero-order valence-electron chi connectivity index (χ0n) is 20.3. The van der Waals surface area contributed by atoms with Gasteiger partial charge in [0.1, 0.15) is 0 Å². The molecule has 0 radical (unpaired) electrons. The molecule has 32 heavy (non-hydrogen) atoms. The van der Waals surface area contributed by atoms with E-state index in [0.717, 1.165) is 38.6 Å². The fourth-order valence-corrected chi connectivity index (χ4v) is 4.60. The number of nitrogens with zero attached hydrogens (tertiary/aromatic N) is 3. The van der Waals surface area contributed by atoms with Crippen LogP contribution in [0.25, 0.3) is 0 Å². The van der Waals surface area contributed by atoms with Gasteiger partial charge >= 0.3 is 0 Å². The van der Waals surface area contributed by atoms with E-state index in [4.69, 9.17) is 4.99 Å². The first-order chi connectivity index (χ1) is 15.0. The molecule has 180 valence electrons. The number of likely N-dealkylation sites (tertiary alicyclic amines) is 2. The Morgan fingerprint density at radius 1 is 1.16 bits per heavy atom. The summed E-state index contributed by atoms with van der Waals surface area (Å²) in [6.45, 7) is 13.6. The van der Waals surface area contributed by atoms with Crippen molar-refractivity contribution in [1.82, 2.24) is 20.4 Å². The number of guanidine groups is 1. The number of aliphatic imine (C=N–C) groups is 1. The van der Waals surface area contributed by atoms with Crippen LogP contribution in [0.15, 0.2) is 29.3 Å². The highest BCUT2D eigenvalue weighted by molar-refractivity contribution is 14.0. The Hall–Kier alpha value is -1.35. The van der Waals surface area contributed by atoms with Crippen LogP contribution in [-0.4, -0.2) is 59.9 Å². The number of rotatable bonds is 7. The number of piperidine rings is 1. The average Bonchev–Trinajstić information content (AvgIpc) is 3.22. The first kappa shape index (κ1) is 26.9. The number of carbonyl (C=O) groups is 1. The monoisotopic (exact) mass is 555 g/mol. The molecule has 2 atom stereocenters. The summed E-state index contributed by atoms with van der Waals surface area (Å²) in [5.74, 6) is 1.14. The van der Waals surface area contributed by atoms with E-state index in [9.17, 15) is 4.79 Å². The van der Waals surface area contributed by atoms with Gasteiger partial charge in [0.25, 0.3) is 0 Å². The highest BCUT2D eigenvalue weighted by Crippen LogP contribution is 2.21. The molecule has 2 saturated heterocycles.